The molecule has 2 fully saturated rings. The third kappa shape index (κ3) is 3.69. The van der Waals surface area contributed by atoms with Gasteiger partial charge in [-0.25, -0.2) is 14.2 Å². The van der Waals surface area contributed by atoms with Crippen LogP contribution in [0.3, 0.4) is 0 Å². The van der Waals surface area contributed by atoms with Crippen LogP contribution < -0.4 is 16.6 Å². The van der Waals surface area contributed by atoms with Gasteiger partial charge in [-0.1, -0.05) is 6.07 Å². The Morgan fingerprint density at radius 1 is 1.35 bits per heavy atom. The molecule has 0 aromatic heterocycles. The summed E-state index contributed by atoms with van der Waals surface area (Å²) < 4.78 is 31.3. The van der Waals surface area contributed by atoms with E-state index in [1.807, 2.05) is 0 Å². The number of ether oxygens (including phenoxy) is 1. The van der Waals surface area contributed by atoms with Gasteiger partial charge in [0.2, 0.25) is 5.91 Å². The molecular weight excluding hydrogens is 346 g/mol. The number of hydrogen-bond acceptors (Lipinski definition) is 6. The molecule has 2 aliphatic rings. The van der Waals surface area contributed by atoms with Crippen molar-refractivity contribution in [2.24, 2.45) is 11.7 Å². The molecule has 2 saturated heterocycles. The normalized spacial score (nSPS) is 26.3. The Bertz CT molecular complexity index is 703. The Labute approximate surface area is 149 Å². The predicted octanol–water partition coefficient (Wildman–Crippen LogP) is 0.221. The van der Waals surface area contributed by atoms with E-state index in [1.165, 1.54) is 19.2 Å². The first-order valence-corrected chi connectivity index (χ1v) is 8.48. The van der Waals surface area contributed by atoms with Gasteiger partial charge in [0.15, 0.2) is 11.6 Å². The van der Waals surface area contributed by atoms with Crippen molar-refractivity contribution in [1.29, 1.82) is 0 Å². The summed E-state index contributed by atoms with van der Waals surface area (Å²) in [5.74, 6) is -2.68. The fraction of sp³-hybridized carbons (Fsp3) is 0.529. The number of nitrogens with two attached hydrogens (primary N) is 1. The molecule has 142 valence electrons. The molecule has 0 bridgehead atoms. The van der Waals surface area contributed by atoms with Crippen LogP contribution in [-0.2, 0) is 14.3 Å². The fourth-order valence-corrected chi connectivity index (χ4v) is 3.62. The first kappa shape index (κ1) is 18.7. The third-order valence-electron chi connectivity index (χ3n) is 5.06. The van der Waals surface area contributed by atoms with Crippen LogP contribution in [0.15, 0.2) is 18.2 Å². The summed E-state index contributed by atoms with van der Waals surface area (Å²) in [7, 11) is 1.24. The van der Waals surface area contributed by atoms with Gasteiger partial charge >= 0.3 is 5.97 Å². The lowest BCUT2D eigenvalue weighted by atomic mass is 9.85. The van der Waals surface area contributed by atoms with Crippen LogP contribution in [0.4, 0.5) is 8.78 Å². The maximum atomic E-state index is 13.6. The molecule has 7 nitrogen and oxygen atoms in total. The van der Waals surface area contributed by atoms with Crippen LogP contribution in [0.2, 0.25) is 0 Å². The van der Waals surface area contributed by atoms with E-state index < -0.39 is 23.6 Å². The van der Waals surface area contributed by atoms with Crippen LogP contribution in [-0.4, -0.2) is 49.1 Å². The molecule has 1 amide bonds. The molecule has 3 rings (SSSR count). The topological polar surface area (TPSA) is 96.7 Å². The smallest absolute Gasteiger partial charge is 0.307 e. The largest absolute Gasteiger partial charge is 0.469 e. The third-order valence-corrected chi connectivity index (χ3v) is 5.06. The summed E-state index contributed by atoms with van der Waals surface area (Å²) in [6.07, 6.45) is 0.511. The van der Waals surface area contributed by atoms with E-state index >= 15 is 0 Å². The van der Waals surface area contributed by atoms with Gasteiger partial charge in [-0.05, 0) is 24.1 Å². The molecule has 1 aromatic rings. The summed E-state index contributed by atoms with van der Waals surface area (Å²) >= 11 is 0. The Hall–Kier alpha value is -2.10. The van der Waals surface area contributed by atoms with Gasteiger partial charge in [0.05, 0.1) is 25.6 Å². The van der Waals surface area contributed by atoms with E-state index in [0.29, 0.717) is 25.1 Å². The van der Waals surface area contributed by atoms with E-state index in [9.17, 15) is 18.4 Å². The maximum absolute atomic E-state index is 13.6. The zero-order chi connectivity index (χ0) is 18.8. The van der Waals surface area contributed by atoms with Crippen molar-refractivity contribution in [1.82, 2.24) is 15.8 Å². The molecule has 9 heteroatoms. The van der Waals surface area contributed by atoms with Gasteiger partial charge in [0, 0.05) is 25.0 Å². The minimum atomic E-state index is -0.956. The molecule has 2 aliphatic heterocycles. The number of likely N-dealkylation sites (tertiary alicyclic amines) is 1. The van der Waals surface area contributed by atoms with E-state index in [4.69, 9.17) is 5.73 Å². The van der Waals surface area contributed by atoms with Crippen LogP contribution in [0, 0.1) is 17.6 Å². The highest BCUT2D eigenvalue weighted by atomic mass is 19.2. The molecule has 26 heavy (non-hydrogen) atoms. The molecule has 4 N–H and O–H groups in total. The Balaban J connectivity index is 1.70. The predicted molar refractivity (Wildman–Crippen MR) is 88.5 cm³/mol. The van der Waals surface area contributed by atoms with E-state index in [-0.39, 0.29) is 30.3 Å². The summed E-state index contributed by atoms with van der Waals surface area (Å²) in [4.78, 5) is 25.5. The molecule has 2 heterocycles. The number of amides is 1. The van der Waals surface area contributed by atoms with Crippen molar-refractivity contribution in [3.63, 3.8) is 0 Å². The maximum Gasteiger partial charge on any atom is 0.307 e. The highest BCUT2D eigenvalue weighted by Gasteiger charge is 2.42. The van der Waals surface area contributed by atoms with Crippen molar-refractivity contribution in [3.8, 4) is 0 Å². The van der Waals surface area contributed by atoms with Crippen molar-refractivity contribution >= 4 is 11.9 Å². The van der Waals surface area contributed by atoms with E-state index in [0.717, 1.165) is 6.07 Å². The minimum Gasteiger partial charge on any atom is -0.469 e. The Morgan fingerprint density at radius 3 is 2.81 bits per heavy atom. The number of halogens is 2. The standard InChI is InChI=1S/C17H22F2N4O3/c1-26-15(24)7-13(20)17(25)23-5-4-14-10(8-23)16(22-21-14)9-2-3-11(18)12(19)6-9/h2-3,6,10,13-14,16,21-22H,4-5,7-8,20H2,1H3/t10?,13-,14?,16?/m0/s1. The number of hydrazine groups is 1. The van der Waals surface area contributed by atoms with Gasteiger partial charge in [0.1, 0.15) is 0 Å². The molecule has 0 saturated carbocycles. The molecule has 1 aromatic carbocycles. The van der Waals surface area contributed by atoms with Crippen LogP contribution in [0.25, 0.3) is 0 Å². The average molecular weight is 368 g/mol. The average Bonchev–Trinajstić information content (AvgIpc) is 3.06. The molecule has 4 atom stereocenters. The number of fused-ring (bicyclic) bond motifs is 1. The van der Waals surface area contributed by atoms with E-state index in [1.54, 1.807) is 4.90 Å². The van der Waals surface area contributed by atoms with Crippen molar-refractivity contribution in [2.75, 3.05) is 20.2 Å². The SMILES string of the molecule is COC(=O)C[C@H](N)C(=O)N1CCC2NNC(c3ccc(F)c(F)c3)C2C1. The Kier molecular flexibility index (Phi) is 5.49. The number of rotatable bonds is 4. The number of nitrogens with one attached hydrogen (secondary N) is 2. The number of hydrogen-bond donors (Lipinski definition) is 3. The van der Waals surface area contributed by atoms with Crippen LogP contribution in [0.1, 0.15) is 24.4 Å². The van der Waals surface area contributed by atoms with Crippen molar-refractivity contribution in [3.05, 3.63) is 35.4 Å². The lowest BCUT2D eigenvalue weighted by Gasteiger charge is -2.37. The zero-order valence-corrected chi connectivity index (χ0v) is 14.4. The molecule has 0 spiro atoms. The quantitative estimate of drug-likeness (QED) is 0.658. The first-order chi connectivity index (χ1) is 12.4. The Morgan fingerprint density at radius 2 is 2.12 bits per heavy atom. The summed E-state index contributed by atoms with van der Waals surface area (Å²) in [6.45, 7) is 0.913. The summed E-state index contributed by atoms with van der Waals surface area (Å²) in [5.41, 5.74) is 12.7. The number of esters is 1. The van der Waals surface area contributed by atoms with Gasteiger partial charge < -0.3 is 15.4 Å². The van der Waals surface area contributed by atoms with Crippen molar-refractivity contribution in [2.45, 2.75) is 31.0 Å². The van der Waals surface area contributed by atoms with E-state index in [2.05, 4.69) is 15.6 Å². The van der Waals surface area contributed by atoms with Gasteiger partial charge in [0.25, 0.3) is 0 Å². The van der Waals surface area contributed by atoms with Gasteiger partial charge in [-0.3, -0.25) is 15.0 Å². The number of methoxy groups -OCH3 is 1. The molecule has 0 aliphatic carbocycles. The summed E-state index contributed by atoms with van der Waals surface area (Å²) in [5, 5.41) is 0. The lowest BCUT2D eigenvalue weighted by molar-refractivity contribution is -0.145. The number of benzene rings is 1. The van der Waals surface area contributed by atoms with Gasteiger partial charge in [-0.2, -0.15) is 0 Å². The lowest BCUT2D eigenvalue weighted by Crippen LogP contribution is -2.52. The first-order valence-electron chi connectivity index (χ1n) is 8.48. The molecule has 3 unspecified atom stereocenters. The summed E-state index contributed by atoms with van der Waals surface area (Å²) in [6, 6.07) is 2.68. The van der Waals surface area contributed by atoms with Gasteiger partial charge in [-0.15, -0.1) is 0 Å². The monoisotopic (exact) mass is 368 g/mol. The number of carbonyl (C=O) groups is 2. The zero-order valence-electron chi connectivity index (χ0n) is 14.4. The minimum absolute atomic E-state index is 0.0251. The number of piperidine rings is 1. The number of nitrogens with zero attached hydrogens (tertiary/aromatic N) is 1. The number of carbonyl (C=O) groups excluding carboxylic acids is 2. The second-order valence-corrected chi connectivity index (χ2v) is 6.67. The highest BCUT2D eigenvalue weighted by molar-refractivity contribution is 5.86. The fourth-order valence-electron chi connectivity index (χ4n) is 3.62. The second kappa shape index (κ2) is 7.65. The highest BCUT2D eigenvalue weighted by Crippen LogP contribution is 2.34. The van der Waals surface area contributed by atoms with Crippen LogP contribution in [0.5, 0.6) is 0 Å². The van der Waals surface area contributed by atoms with Crippen LogP contribution >= 0.6 is 0 Å². The second-order valence-electron chi connectivity index (χ2n) is 6.67. The molecular formula is C17H22F2N4O3. The molecule has 0 radical (unpaired) electrons. The van der Waals surface area contributed by atoms with Crippen molar-refractivity contribution < 1.29 is 23.1 Å².